The van der Waals surface area contributed by atoms with Gasteiger partial charge in [-0.2, -0.15) is 0 Å². The maximum absolute atomic E-state index is 6.52. The second-order valence-electron chi connectivity index (χ2n) is 6.38. The number of imidazole rings is 1. The van der Waals surface area contributed by atoms with Crippen LogP contribution >= 0.6 is 11.6 Å². The number of fused-ring (bicyclic) bond motifs is 1. The summed E-state index contributed by atoms with van der Waals surface area (Å²) in [6.45, 7) is 6.98. The van der Waals surface area contributed by atoms with Gasteiger partial charge in [0.15, 0.2) is 0 Å². The minimum Gasteiger partial charge on any atom is -0.497 e. The second-order valence-corrected chi connectivity index (χ2v) is 6.78. The van der Waals surface area contributed by atoms with Crippen LogP contribution in [0, 0.1) is 0 Å². The third-order valence-corrected chi connectivity index (χ3v) is 4.99. The monoisotopic (exact) mass is 387 g/mol. The summed E-state index contributed by atoms with van der Waals surface area (Å²) in [6.07, 6.45) is 6.46. The topological polar surface area (TPSA) is 48.7 Å². The van der Waals surface area contributed by atoms with Crippen molar-refractivity contribution >= 4 is 17.2 Å². The van der Waals surface area contributed by atoms with Crippen molar-refractivity contribution in [3.05, 3.63) is 47.1 Å². The van der Waals surface area contributed by atoms with Gasteiger partial charge >= 0.3 is 0 Å². The number of aromatic nitrogens is 3. The third kappa shape index (κ3) is 3.80. The van der Waals surface area contributed by atoms with E-state index < -0.39 is 0 Å². The van der Waals surface area contributed by atoms with Crippen LogP contribution in [0.3, 0.4) is 0 Å². The maximum Gasteiger partial charge on any atom is 0.148 e. The molecule has 1 atom stereocenters. The summed E-state index contributed by atoms with van der Waals surface area (Å²) in [4.78, 5) is 9.39. The smallest absolute Gasteiger partial charge is 0.148 e. The fourth-order valence-electron chi connectivity index (χ4n) is 3.43. The Morgan fingerprint density at radius 3 is 2.63 bits per heavy atom. The van der Waals surface area contributed by atoms with Gasteiger partial charge in [-0.1, -0.05) is 31.9 Å². The molecular formula is C21H26ClN3O2. The zero-order valence-electron chi connectivity index (χ0n) is 16.3. The Labute approximate surface area is 165 Å². The number of benzene rings is 1. The fraction of sp³-hybridized carbons (Fsp3) is 0.429. The van der Waals surface area contributed by atoms with Gasteiger partial charge in [0.1, 0.15) is 17.7 Å². The van der Waals surface area contributed by atoms with Crippen molar-refractivity contribution in [1.29, 1.82) is 0 Å². The van der Waals surface area contributed by atoms with E-state index in [1.165, 1.54) is 0 Å². The largest absolute Gasteiger partial charge is 0.497 e. The molecular weight excluding hydrogens is 362 g/mol. The number of ether oxygens (including phenoxy) is 2. The van der Waals surface area contributed by atoms with E-state index in [9.17, 15) is 0 Å². The zero-order valence-corrected chi connectivity index (χ0v) is 17.1. The lowest BCUT2D eigenvalue weighted by Gasteiger charge is -2.17. The van der Waals surface area contributed by atoms with E-state index in [-0.39, 0.29) is 6.10 Å². The summed E-state index contributed by atoms with van der Waals surface area (Å²) in [5, 5.41) is 0.613. The van der Waals surface area contributed by atoms with Gasteiger partial charge < -0.3 is 9.47 Å². The molecule has 0 N–H and O–H groups in total. The van der Waals surface area contributed by atoms with E-state index in [1.54, 1.807) is 7.11 Å². The minimum atomic E-state index is 0.00772. The number of halogens is 1. The Bertz CT molecular complexity index is 917. The van der Waals surface area contributed by atoms with Gasteiger partial charge in [0, 0.05) is 23.9 Å². The molecule has 2 heterocycles. The highest BCUT2D eigenvalue weighted by Crippen LogP contribution is 2.35. The first kappa shape index (κ1) is 19.6. The molecule has 3 aromatic rings. The summed E-state index contributed by atoms with van der Waals surface area (Å²) >= 11 is 6.52. The molecule has 0 fully saturated rings. The third-order valence-electron chi connectivity index (χ3n) is 4.68. The van der Waals surface area contributed by atoms with Crippen LogP contribution in [0.1, 0.15) is 51.1 Å². The van der Waals surface area contributed by atoms with Crippen molar-refractivity contribution in [2.45, 2.75) is 46.1 Å². The SMILES string of the molecule is CCCC(OCC)c1c(CC)nc2c(-c3ccc(OC)cc3Cl)cncn12. The second kappa shape index (κ2) is 8.72. The molecule has 0 aliphatic carbocycles. The van der Waals surface area contributed by atoms with E-state index in [0.717, 1.165) is 53.2 Å². The van der Waals surface area contributed by atoms with Crippen molar-refractivity contribution in [3.8, 4) is 16.9 Å². The van der Waals surface area contributed by atoms with Crippen molar-refractivity contribution in [2.24, 2.45) is 0 Å². The molecule has 6 heteroatoms. The Kier molecular flexibility index (Phi) is 6.34. The van der Waals surface area contributed by atoms with Crippen LogP contribution in [0.4, 0.5) is 0 Å². The van der Waals surface area contributed by atoms with Crippen LogP contribution in [-0.4, -0.2) is 28.1 Å². The minimum absolute atomic E-state index is 0.00772. The Morgan fingerprint density at radius 1 is 1.19 bits per heavy atom. The molecule has 1 aromatic carbocycles. The van der Waals surface area contributed by atoms with Gasteiger partial charge in [-0.25, -0.2) is 9.97 Å². The van der Waals surface area contributed by atoms with Gasteiger partial charge in [-0.15, -0.1) is 0 Å². The first-order valence-corrected chi connectivity index (χ1v) is 9.82. The molecule has 144 valence electrons. The van der Waals surface area contributed by atoms with Gasteiger partial charge in [0.05, 0.1) is 29.6 Å². The highest BCUT2D eigenvalue weighted by atomic mass is 35.5. The average Bonchev–Trinajstić information content (AvgIpc) is 3.06. The lowest BCUT2D eigenvalue weighted by atomic mass is 10.1. The van der Waals surface area contributed by atoms with Gasteiger partial charge in [0.2, 0.25) is 0 Å². The van der Waals surface area contributed by atoms with E-state index in [2.05, 4.69) is 23.2 Å². The van der Waals surface area contributed by atoms with E-state index >= 15 is 0 Å². The lowest BCUT2D eigenvalue weighted by molar-refractivity contribution is 0.0514. The zero-order chi connectivity index (χ0) is 19.4. The maximum atomic E-state index is 6.52. The molecule has 0 amide bonds. The molecule has 0 bridgehead atoms. The van der Waals surface area contributed by atoms with Crippen molar-refractivity contribution in [3.63, 3.8) is 0 Å². The number of rotatable bonds is 8. The molecule has 0 spiro atoms. The Morgan fingerprint density at radius 2 is 2.00 bits per heavy atom. The highest BCUT2D eigenvalue weighted by molar-refractivity contribution is 6.33. The molecule has 27 heavy (non-hydrogen) atoms. The molecule has 0 radical (unpaired) electrons. The number of hydrogen-bond donors (Lipinski definition) is 0. The molecule has 2 aromatic heterocycles. The molecule has 0 saturated heterocycles. The normalized spacial score (nSPS) is 12.5. The van der Waals surface area contributed by atoms with Crippen molar-refractivity contribution in [2.75, 3.05) is 13.7 Å². The molecule has 0 aliphatic rings. The molecule has 0 aliphatic heterocycles. The number of aryl methyl sites for hydroxylation is 1. The van der Waals surface area contributed by atoms with E-state index in [0.29, 0.717) is 11.6 Å². The number of methoxy groups -OCH3 is 1. The predicted molar refractivity (Wildman–Crippen MR) is 109 cm³/mol. The van der Waals surface area contributed by atoms with Gasteiger partial charge in [-0.05, 0) is 38.0 Å². The summed E-state index contributed by atoms with van der Waals surface area (Å²) in [5.74, 6) is 0.723. The van der Waals surface area contributed by atoms with Crippen LogP contribution in [0.5, 0.6) is 5.75 Å². The van der Waals surface area contributed by atoms with Crippen LogP contribution in [0.2, 0.25) is 5.02 Å². The standard InChI is InChI=1S/C21H26ClN3O2/c1-5-8-19(27-7-3)20-18(6-2)24-21-16(12-23-13-25(20)21)15-10-9-14(26-4)11-17(15)22/h9-13,19H,5-8H2,1-4H3. The molecule has 5 nitrogen and oxygen atoms in total. The first-order chi connectivity index (χ1) is 13.1. The molecule has 1 unspecified atom stereocenters. The summed E-state index contributed by atoms with van der Waals surface area (Å²) in [6, 6.07) is 5.66. The average molecular weight is 388 g/mol. The van der Waals surface area contributed by atoms with Crippen LogP contribution in [0.25, 0.3) is 16.8 Å². The first-order valence-electron chi connectivity index (χ1n) is 9.44. The van der Waals surface area contributed by atoms with E-state index in [1.807, 2.05) is 37.6 Å². The Hall–Kier alpha value is -2.11. The van der Waals surface area contributed by atoms with Crippen molar-refractivity contribution in [1.82, 2.24) is 14.4 Å². The van der Waals surface area contributed by atoms with Crippen molar-refractivity contribution < 1.29 is 9.47 Å². The quantitative estimate of drug-likeness (QED) is 0.512. The lowest BCUT2D eigenvalue weighted by Crippen LogP contribution is -2.10. The highest BCUT2D eigenvalue weighted by Gasteiger charge is 2.23. The van der Waals surface area contributed by atoms with Crippen LogP contribution < -0.4 is 4.74 Å². The van der Waals surface area contributed by atoms with Gasteiger partial charge in [-0.3, -0.25) is 4.40 Å². The van der Waals surface area contributed by atoms with E-state index in [4.69, 9.17) is 26.1 Å². The van der Waals surface area contributed by atoms with Crippen LogP contribution in [0.15, 0.2) is 30.7 Å². The molecule has 3 rings (SSSR count). The van der Waals surface area contributed by atoms with Crippen LogP contribution in [-0.2, 0) is 11.2 Å². The Balaban J connectivity index is 2.20. The predicted octanol–water partition coefficient (Wildman–Crippen LogP) is 5.50. The number of hydrogen-bond acceptors (Lipinski definition) is 4. The number of nitrogens with zero attached hydrogens (tertiary/aromatic N) is 3. The summed E-state index contributed by atoms with van der Waals surface area (Å²) in [5.41, 5.74) is 4.77. The summed E-state index contributed by atoms with van der Waals surface area (Å²) in [7, 11) is 1.63. The van der Waals surface area contributed by atoms with Gasteiger partial charge in [0.25, 0.3) is 0 Å². The fourth-order valence-corrected chi connectivity index (χ4v) is 3.70. The molecule has 0 saturated carbocycles. The summed E-state index contributed by atoms with van der Waals surface area (Å²) < 4.78 is 13.4.